The molecule has 0 aliphatic carbocycles. The molecule has 1 rings (SSSR count). The van der Waals surface area contributed by atoms with E-state index in [-0.39, 0.29) is 0 Å². The number of hydrogen-bond acceptors (Lipinski definition) is 6. The molecule has 104 valence electrons. The summed E-state index contributed by atoms with van der Waals surface area (Å²) in [6.45, 7) is 4.76. The third-order valence-corrected chi connectivity index (χ3v) is 1.77. The molecule has 1 amide bonds. The molecule has 0 unspecified atom stereocenters. The molecular weight excluding hydrogens is 258 g/mol. The first-order valence-electron chi connectivity index (χ1n) is 5.18. The minimum atomic E-state index is -1.81. The van der Waals surface area contributed by atoms with Crippen molar-refractivity contribution in [2.24, 2.45) is 0 Å². The second-order valence-electron chi connectivity index (χ2n) is 4.57. The number of anilines is 1. The SMILES string of the molecule is CC(C)(C)OC(=O)Nc1c(C(=O)[O-])[nH]c(=O)[nH]c1=O. The van der Waals surface area contributed by atoms with Crippen LogP contribution in [-0.4, -0.2) is 27.6 Å². The number of nitrogens with one attached hydrogen (secondary N) is 3. The minimum Gasteiger partial charge on any atom is -0.543 e. The van der Waals surface area contributed by atoms with Gasteiger partial charge in [0, 0.05) is 0 Å². The number of rotatable bonds is 2. The fraction of sp³-hybridized carbons (Fsp3) is 0.400. The highest BCUT2D eigenvalue weighted by atomic mass is 16.6. The molecule has 0 aliphatic rings. The van der Waals surface area contributed by atoms with E-state index in [1.54, 1.807) is 25.8 Å². The summed E-state index contributed by atoms with van der Waals surface area (Å²) in [4.78, 5) is 48.2. The Morgan fingerprint density at radius 2 is 1.79 bits per heavy atom. The summed E-state index contributed by atoms with van der Waals surface area (Å²) >= 11 is 0. The fourth-order valence-corrected chi connectivity index (χ4v) is 1.16. The summed E-state index contributed by atoms with van der Waals surface area (Å²) in [5.74, 6) is -1.81. The van der Waals surface area contributed by atoms with Crippen LogP contribution in [0, 0.1) is 0 Å². The van der Waals surface area contributed by atoms with Crippen LogP contribution in [0.4, 0.5) is 10.5 Å². The quantitative estimate of drug-likeness (QED) is 0.613. The molecule has 0 aromatic carbocycles. The Morgan fingerprint density at radius 3 is 2.26 bits per heavy atom. The maximum Gasteiger partial charge on any atom is 0.412 e. The molecule has 0 spiro atoms. The first kappa shape index (κ1) is 14.5. The Bertz CT molecular complexity index is 621. The lowest BCUT2D eigenvalue weighted by Crippen LogP contribution is -2.36. The maximum atomic E-state index is 11.4. The normalized spacial score (nSPS) is 10.9. The van der Waals surface area contributed by atoms with Crippen molar-refractivity contribution in [3.63, 3.8) is 0 Å². The molecule has 0 saturated heterocycles. The third kappa shape index (κ3) is 3.98. The number of aromatic amines is 2. The third-order valence-electron chi connectivity index (χ3n) is 1.77. The number of aromatic carboxylic acids is 1. The van der Waals surface area contributed by atoms with Crippen molar-refractivity contribution in [3.05, 3.63) is 26.5 Å². The summed E-state index contributed by atoms with van der Waals surface area (Å²) in [7, 11) is 0. The zero-order valence-corrected chi connectivity index (χ0v) is 10.4. The number of hydrogen-bond donors (Lipinski definition) is 3. The molecule has 1 aromatic heterocycles. The molecule has 9 nitrogen and oxygen atoms in total. The number of carbonyl (C=O) groups excluding carboxylic acids is 2. The van der Waals surface area contributed by atoms with Gasteiger partial charge < -0.3 is 19.6 Å². The van der Waals surface area contributed by atoms with Crippen LogP contribution >= 0.6 is 0 Å². The summed E-state index contributed by atoms with van der Waals surface area (Å²) in [6, 6.07) is 0. The number of amides is 1. The first-order chi connectivity index (χ1) is 8.60. The van der Waals surface area contributed by atoms with E-state index in [4.69, 9.17) is 4.74 Å². The lowest BCUT2D eigenvalue weighted by Gasteiger charge is -2.20. The average Bonchev–Trinajstić information content (AvgIpc) is 2.18. The number of carboxylic acids is 1. The average molecular weight is 270 g/mol. The highest BCUT2D eigenvalue weighted by molar-refractivity contribution is 5.95. The van der Waals surface area contributed by atoms with Crippen LogP contribution < -0.4 is 21.7 Å². The number of ether oxygens (including phenoxy) is 1. The summed E-state index contributed by atoms with van der Waals surface area (Å²) in [5, 5.41) is 12.7. The zero-order chi connectivity index (χ0) is 14.8. The van der Waals surface area contributed by atoms with E-state index in [9.17, 15) is 24.3 Å². The van der Waals surface area contributed by atoms with E-state index >= 15 is 0 Å². The monoisotopic (exact) mass is 270 g/mol. The molecule has 0 radical (unpaired) electrons. The molecule has 19 heavy (non-hydrogen) atoms. The van der Waals surface area contributed by atoms with Gasteiger partial charge in [0.05, 0.1) is 11.7 Å². The smallest absolute Gasteiger partial charge is 0.412 e. The van der Waals surface area contributed by atoms with Crippen molar-refractivity contribution < 1.29 is 19.4 Å². The van der Waals surface area contributed by atoms with Gasteiger partial charge in [-0.1, -0.05) is 0 Å². The Morgan fingerprint density at radius 1 is 1.21 bits per heavy atom. The standard InChI is InChI=1S/C10H13N3O6/c1-10(2,3)19-9(18)12-4-5(7(15)16)11-8(17)13-6(4)14/h1-3H3,(H,12,18)(H,15,16)(H2,11,13,14,17)/p-1. The van der Waals surface area contributed by atoms with Crippen molar-refractivity contribution in [2.45, 2.75) is 26.4 Å². The van der Waals surface area contributed by atoms with E-state index in [1.165, 1.54) is 0 Å². The minimum absolute atomic E-state index is 0.658. The van der Waals surface area contributed by atoms with Gasteiger partial charge >= 0.3 is 11.8 Å². The van der Waals surface area contributed by atoms with Crippen LogP contribution in [-0.2, 0) is 4.74 Å². The number of carboxylic acid groups (broad SMARTS) is 1. The number of carbonyl (C=O) groups is 2. The van der Waals surface area contributed by atoms with Gasteiger partial charge in [-0.3, -0.25) is 15.1 Å². The predicted molar refractivity (Wildman–Crippen MR) is 61.9 cm³/mol. The van der Waals surface area contributed by atoms with Crippen LogP contribution in [0.1, 0.15) is 31.3 Å². The fourth-order valence-electron chi connectivity index (χ4n) is 1.16. The van der Waals surface area contributed by atoms with Crippen molar-refractivity contribution in [1.82, 2.24) is 9.97 Å². The van der Waals surface area contributed by atoms with Crippen molar-refractivity contribution in [2.75, 3.05) is 5.32 Å². The second kappa shape index (κ2) is 4.96. The number of H-pyrrole nitrogens is 2. The van der Waals surface area contributed by atoms with E-state index in [1.807, 2.05) is 10.3 Å². The highest BCUT2D eigenvalue weighted by Crippen LogP contribution is 2.10. The first-order valence-corrected chi connectivity index (χ1v) is 5.18. The van der Waals surface area contributed by atoms with E-state index < -0.39 is 40.3 Å². The Balaban J connectivity index is 3.14. The van der Waals surface area contributed by atoms with E-state index in [2.05, 4.69) is 0 Å². The van der Waals surface area contributed by atoms with Gasteiger partial charge in [0.2, 0.25) is 0 Å². The van der Waals surface area contributed by atoms with E-state index in [0.29, 0.717) is 0 Å². The van der Waals surface area contributed by atoms with Gasteiger partial charge in [0.25, 0.3) is 5.56 Å². The molecule has 1 aromatic rings. The van der Waals surface area contributed by atoms with Gasteiger partial charge in [-0.2, -0.15) is 0 Å². The second-order valence-corrected chi connectivity index (χ2v) is 4.57. The molecule has 0 saturated carbocycles. The molecular formula is C10H12N3O6-. The lowest BCUT2D eigenvalue weighted by atomic mass is 10.2. The zero-order valence-electron chi connectivity index (χ0n) is 10.4. The van der Waals surface area contributed by atoms with Crippen LogP contribution in [0.2, 0.25) is 0 Å². The Kier molecular flexibility index (Phi) is 3.78. The lowest BCUT2D eigenvalue weighted by molar-refractivity contribution is -0.255. The number of aromatic nitrogens is 2. The van der Waals surface area contributed by atoms with Crippen molar-refractivity contribution in [3.8, 4) is 0 Å². The summed E-state index contributed by atoms with van der Waals surface area (Å²) < 4.78 is 4.85. The molecule has 1 heterocycles. The van der Waals surface area contributed by atoms with Gasteiger partial charge in [0.15, 0.2) is 0 Å². The Hall–Kier alpha value is -2.58. The largest absolute Gasteiger partial charge is 0.543 e. The Labute approximate surface area is 106 Å². The van der Waals surface area contributed by atoms with Crippen LogP contribution in [0.5, 0.6) is 0 Å². The van der Waals surface area contributed by atoms with Crippen molar-refractivity contribution in [1.29, 1.82) is 0 Å². The highest BCUT2D eigenvalue weighted by Gasteiger charge is 2.19. The molecule has 0 bridgehead atoms. The maximum absolute atomic E-state index is 11.4. The molecule has 0 atom stereocenters. The van der Waals surface area contributed by atoms with Gasteiger partial charge in [0.1, 0.15) is 11.3 Å². The van der Waals surface area contributed by atoms with Crippen LogP contribution in [0.15, 0.2) is 9.59 Å². The van der Waals surface area contributed by atoms with Gasteiger partial charge in [-0.15, -0.1) is 0 Å². The molecule has 0 aliphatic heterocycles. The topological polar surface area (TPSA) is 144 Å². The van der Waals surface area contributed by atoms with E-state index in [0.717, 1.165) is 0 Å². The van der Waals surface area contributed by atoms with Gasteiger partial charge in [-0.25, -0.2) is 9.59 Å². The predicted octanol–water partition coefficient (Wildman–Crippen LogP) is -1.23. The molecule has 3 N–H and O–H groups in total. The van der Waals surface area contributed by atoms with Crippen LogP contribution in [0.25, 0.3) is 0 Å². The molecule has 9 heteroatoms. The van der Waals surface area contributed by atoms with Gasteiger partial charge in [-0.05, 0) is 20.8 Å². The summed E-state index contributed by atoms with van der Waals surface area (Å²) in [6.07, 6.45) is -1.03. The van der Waals surface area contributed by atoms with Crippen LogP contribution in [0.3, 0.4) is 0 Å². The molecule has 0 fully saturated rings. The summed E-state index contributed by atoms with van der Waals surface area (Å²) in [5.41, 5.74) is -4.43. The van der Waals surface area contributed by atoms with Crippen molar-refractivity contribution >= 4 is 17.7 Å².